The first-order chi connectivity index (χ1) is 10.4. The molecule has 0 aliphatic carbocycles. The Morgan fingerprint density at radius 3 is 2.86 bits per heavy atom. The number of hydrogen-bond donors (Lipinski definition) is 1. The van der Waals surface area contributed by atoms with E-state index in [0.29, 0.717) is 6.54 Å². The molecule has 1 aliphatic heterocycles. The van der Waals surface area contributed by atoms with Gasteiger partial charge in [-0.3, -0.25) is 0 Å². The van der Waals surface area contributed by atoms with E-state index < -0.39 is 0 Å². The third kappa shape index (κ3) is 4.00. The van der Waals surface area contributed by atoms with Crippen molar-refractivity contribution in [2.24, 2.45) is 4.99 Å². The lowest BCUT2D eigenvalue weighted by Gasteiger charge is -2.31. The second kappa shape index (κ2) is 8.17. The predicted octanol–water partition coefficient (Wildman–Crippen LogP) is 2.82. The third-order valence-corrected chi connectivity index (χ3v) is 3.65. The highest BCUT2D eigenvalue weighted by Crippen LogP contribution is 2.18. The van der Waals surface area contributed by atoms with Crippen molar-refractivity contribution in [3.63, 3.8) is 0 Å². The molecule has 0 saturated heterocycles. The van der Waals surface area contributed by atoms with Gasteiger partial charge in [0.15, 0.2) is 5.96 Å². The van der Waals surface area contributed by atoms with E-state index in [9.17, 15) is 0 Å². The van der Waals surface area contributed by atoms with E-state index in [0.717, 1.165) is 37.7 Å². The van der Waals surface area contributed by atoms with Crippen molar-refractivity contribution in [2.75, 3.05) is 13.1 Å². The highest BCUT2D eigenvalue weighted by atomic mass is 127. The van der Waals surface area contributed by atoms with Crippen molar-refractivity contribution in [2.45, 2.75) is 26.4 Å². The van der Waals surface area contributed by atoms with Crippen LogP contribution in [0.25, 0.3) is 0 Å². The zero-order valence-electron chi connectivity index (χ0n) is 12.7. The molecular formula is C16H21IN4O. The molecule has 1 aromatic carbocycles. The molecule has 0 spiro atoms. The van der Waals surface area contributed by atoms with E-state index in [2.05, 4.69) is 51.6 Å². The SMILES string of the molecule is CCNC(=NCc1ccon1)N1CCc2ccccc2C1.I. The molecule has 3 rings (SSSR count). The van der Waals surface area contributed by atoms with Gasteiger partial charge in [-0.25, -0.2) is 4.99 Å². The molecule has 2 aromatic rings. The molecule has 0 radical (unpaired) electrons. The fourth-order valence-corrected chi connectivity index (χ4v) is 2.58. The average Bonchev–Trinajstić information content (AvgIpc) is 3.04. The van der Waals surface area contributed by atoms with Crippen LogP contribution in [-0.4, -0.2) is 29.1 Å². The molecule has 0 fully saturated rings. The topological polar surface area (TPSA) is 53.7 Å². The van der Waals surface area contributed by atoms with Crippen LogP contribution >= 0.6 is 24.0 Å². The largest absolute Gasteiger partial charge is 0.364 e. The smallest absolute Gasteiger partial charge is 0.194 e. The standard InChI is InChI=1S/C16H20N4O.HI/c1-2-17-16(18-11-15-8-10-21-19-15)20-9-7-13-5-3-4-6-14(13)12-20;/h3-6,8,10H,2,7,9,11-12H2,1H3,(H,17,18);1H. The lowest BCUT2D eigenvalue weighted by molar-refractivity contribution is 0.377. The summed E-state index contributed by atoms with van der Waals surface area (Å²) in [5, 5.41) is 7.26. The molecule has 0 atom stereocenters. The molecule has 118 valence electrons. The van der Waals surface area contributed by atoms with Crippen LogP contribution < -0.4 is 5.32 Å². The molecule has 22 heavy (non-hydrogen) atoms. The normalized spacial score (nSPS) is 14.2. The third-order valence-electron chi connectivity index (χ3n) is 3.65. The van der Waals surface area contributed by atoms with Crippen molar-refractivity contribution < 1.29 is 4.52 Å². The van der Waals surface area contributed by atoms with E-state index in [1.54, 1.807) is 6.26 Å². The number of rotatable bonds is 3. The van der Waals surface area contributed by atoms with Gasteiger partial charge in [0.25, 0.3) is 0 Å². The van der Waals surface area contributed by atoms with E-state index in [4.69, 9.17) is 4.52 Å². The molecule has 1 aliphatic rings. The number of benzene rings is 1. The number of guanidine groups is 1. The highest BCUT2D eigenvalue weighted by Gasteiger charge is 2.18. The van der Waals surface area contributed by atoms with Gasteiger partial charge in [-0.05, 0) is 24.5 Å². The highest BCUT2D eigenvalue weighted by molar-refractivity contribution is 14.0. The van der Waals surface area contributed by atoms with Gasteiger partial charge in [-0.2, -0.15) is 0 Å². The van der Waals surface area contributed by atoms with Gasteiger partial charge < -0.3 is 14.7 Å². The summed E-state index contributed by atoms with van der Waals surface area (Å²) in [6.45, 7) is 5.37. The Morgan fingerprint density at radius 2 is 2.14 bits per heavy atom. The number of fused-ring (bicyclic) bond motifs is 1. The van der Waals surface area contributed by atoms with Gasteiger partial charge >= 0.3 is 0 Å². The zero-order valence-corrected chi connectivity index (χ0v) is 15.0. The summed E-state index contributed by atoms with van der Waals surface area (Å²) < 4.78 is 4.85. The molecule has 0 saturated carbocycles. The van der Waals surface area contributed by atoms with Crippen molar-refractivity contribution in [3.8, 4) is 0 Å². The number of halogens is 1. The maximum Gasteiger partial charge on any atom is 0.194 e. The summed E-state index contributed by atoms with van der Waals surface area (Å²) in [4.78, 5) is 6.96. The molecule has 0 bridgehead atoms. The summed E-state index contributed by atoms with van der Waals surface area (Å²) in [5.74, 6) is 0.940. The molecule has 2 heterocycles. The van der Waals surface area contributed by atoms with Crippen molar-refractivity contribution in [1.29, 1.82) is 0 Å². The van der Waals surface area contributed by atoms with E-state index in [1.807, 2.05) is 6.07 Å². The lowest BCUT2D eigenvalue weighted by Crippen LogP contribution is -2.44. The quantitative estimate of drug-likeness (QED) is 0.479. The second-order valence-electron chi connectivity index (χ2n) is 5.10. The van der Waals surface area contributed by atoms with Crippen LogP contribution in [0.15, 0.2) is 46.1 Å². The van der Waals surface area contributed by atoms with E-state index in [1.165, 1.54) is 11.1 Å². The molecule has 6 heteroatoms. The van der Waals surface area contributed by atoms with Crippen LogP contribution in [0.1, 0.15) is 23.7 Å². The van der Waals surface area contributed by atoms with Gasteiger partial charge in [0.1, 0.15) is 12.0 Å². The van der Waals surface area contributed by atoms with Crippen LogP contribution in [0.3, 0.4) is 0 Å². The summed E-state index contributed by atoms with van der Waals surface area (Å²) >= 11 is 0. The first-order valence-corrected chi connectivity index (χ1v) is 7.36. The molecular weight excluding hydrogens is 391 g/mol. The maximum atomic E-state index is 4.85. The van der Waals surface area contributed by atoms with E-state index >= 15 is 0 Å². The fraction of sp³-hybridized carbons (Fsp3) is 0.375. The summed E-state index contributed by atoms with van der Waals surface area (Å²) in [7, 11) is 0. The minimum absolute atomic E-state index is 0. The number of nitrogens with zero attached hydrogens (tertiary/aromatic N) is 3. The predicted molar refractivity (Wildman–Crippen MR) is 97.3 cm³/mol. The molecule has 0 unspecified atom stereocenters. The zero-order chi connectivity index (χ0) is 14.5. The molecule has 1 aromatic heterocycles. The number of hydrogen-bond acceptors (Lipinski definition) is 3. The van der Waals surface area contributed by atoms with Crippen LogP contribution in [-0.2, 0) is 19.5 Å². The number of nitrogens with one attached hydrogen (secondary N) is 1. The van der Waals surface area contributed by atoms with Crippen LogP contribution in [0, 0.1) is 0 Å². The van der Waals surface area contributed by atoms with Crippen molar-refractivity contribution in [3.05, 3.63) is 53.4 Å². The fourth-order valence-electron chi connectivity index (χ4n) is 2.58. The van der Waals surface area contributed by atoms with Crippen molar-refractivity contribution in [1.82, 2.24) is 15.4 Å². The summed E-state index contributed by atoms with van der Waals surface area (Å²) in [5.41, 5.74) is 3.68. The van der Waals surface area contributed by atoms with Gasteiger partial charge in [0.05, 0.1) is 6.54 Å². The van der Waals surface area contributed by atoms with Gasteiger partial charge in [0.2, 0.25) is 0 Å². The van der Waals surface area contributed by atoms with E-state index in [-0.39, 0.29) is 24.0 Å². The maximum absolute atomic E-state index is 4.85. The Labute approximate surface area is 147 Å². The Kier molecular flexibility index (Phi) is 6.23. The van der Waals surface area contributed by atoms with Crippen LogP contribution in [0.5, 0.6) is 0 Å². The number of aliphatic imine (C=N–C) groups is 1. The Balaban J connectivity index is 0.00000176. The monoisotopic (exact) mass is 412 g/mol. The van der Waals surface area contributed by atoms with Gasteiger partial charge in [-0.15, -0.1) is 24.0 Å². The average molecular weight is 412 g/mol. The van der Waals surface area contributed by atoms with Gasteiger partial charge in [0, 0.05) is 25.7 Å². The molecule has 0 amide bonds. The minimum Gasteiger partial charge on any atom is -0.364 e. The van der Waals surface area contributed by atoms with Crippen molar-refractivity contribution >= 4 is 29.9 Å². The summed E-state index contributed by atoms with van der Waals surface area (Å²) in [6, 6.07) is 10.5. The van der Waals surface area contributed by atoms with Gasteiger partial charge in [-0.1, -0.05) is 29.4 Å². The number of aromatic nitrogens is 1. The second-order valence-corrected chi connectivity index (χ2v) is 5.10. The molecule has 5 nitrogen and oxygen atoms in total. The first-order valence-electron chi connectivity index (χ1n) is 7.36. The first kappa shape index (κ1) is 16.8. The Morgan fingerprint density at radius 1 is 1.32 bits per heavy atom. The lowest BCUT2D eigenvalue weighted by atomic mass is 10.0. The Hall–Kier alpha value is -1.57. The Bertz CT molecular complexity index is 612. The van der Waals surface area contributed by atoms with Crippen LogP contribution in [0.4, 0.5) is 0 Å². The summed E-state index contributed by atoms with van der Waals surface area (Å²) in [6.07, 6.45) is 2.64. The molecule has 1 N–H and O–H groups in total. The minimum atomic E-state index is 0. The van der Waals surface area contributed by atoms with Crippen LogP contribution in [0.2, 0.25) is 0 Å².